The van der Waals surface area contributed by atoms with Crippen molar-refractivity contribution in [2.24, 2.45) is 0 Å². The standard InChI is InChI=1S/C22H15FN2O3/c1-13-3-2-4-16(11-13)24-20(26)14-5-10-18-19(12-14)22(28)25(21(18)27)17-8-6-15(23)7-9-17/h2-12H,1H3,(H,24,26). The molecule has 0 bridgehead atoms. The van der Waals surface area contributed by atoms with Crippen LogP contribution in [0.2, 0.25) is 0 Å². The van der Waals surface area contributed by atoms with Crippen molar-refractivity contribution in [3.63, 3.8) is 0 Å². The molecule has 0 saturated carbocycles. The molecule has 1 N–H and O–H groups in total. The fourth-order valence-electron chi connectivity index (χ4n) is 3.13. The summed E-state index contributed by atoms with van der Waals surface area (Å²) in [5, 5.41) is 2.77. The number of halogens is 1. The Kier molecular flexibility index (Phi) is 4.24. The molecule has 6 heteroatoms. The van der Waals surface area contributed by atoms with Crippen molar-refractivity contribution in [1.29, 1.82) is 0 Å². The zero-order valence-corrected chi connectivity index (χ0v) is 14.9. The monoisotopic (exact) mass is 374 g/mol. The van der Waals surface area contributed by atoms with Crippen LogP contribution < -0.4 is 10.2 Å². The van der Waals surface area contributed by atoms with Crippen molar-refractivity contribution >= 4 is 29.1 Å². The number of hydrogen-bond donors (Lipinski definition) is 1. The van der Waals surface area contributed by atoms with Gasteiger partial charge in [0.2, 0.25) is 0 Å². The SMILES string of the molecule is Cc1cccc(NC(=O)c2ccc3c(c2)C(=O)N(c2ccc(F)cc2)C3=O)c1. The molecule has 5 nitrogen and oxygen atoms in total. The number of imide groups is 1. The fraction of sp³-hybridized carbons (Fsp3) is 0.0455. The molecule has 28 heavy (non-hydrogen) atoms. The quantitative estimate of drug-likeness (QED) is 0.699. The number of nitrogens with zero attached hydrogens (tertiary/aromatic N) is 1. The second-order valence-corrected chi connectivity index (χ2v) is 6.51. The second kappa shape index (κ2) is 6.74. The van der Waals surface area contributed by atoms with Crippen molar-refractivity contribution in [2.45, 2.75) is 6.92 Å². The maximum atomic E-state index is 13.1. The van der Waals surface area contributed by atoms with E-state index in [2.05, 4.69) is 5.32 Å². The summed E-state index contributed by atoms with van der Waals surface area (Å²) < 4.78 is 13.1. The molecule has 0 aliphatic carbocycles. The van der Waals surface area contributed by atoms with Crippen LogP contribution in [0.5, 0.6) is 0 Å². The van der Waals surface area contributed by atoms with E-state index in [1.165, 1.54) is 42.5 Å². The molecular weight excluding hydrogens is 359 g/mol. The minimum atomic E-state index is -0.545. The summed E-state index contributed by atoms with van der Waals surface area (Å²) in [6, 6.07) is 16.8. The predicted octanol–water partition coefficient (Wildman–Crippen LogP) is 4.19. The van der Waals surface area contributed by atoms with Gasteiger partial charge in [-0.15, -0.1) is 0 Å². The van der Waals surface area contributed by atoms with Gasteiger partial charge < -0.3 is 5.32 Å². The Morgan fingerprint density at radius 1 is 0.893 bits per heavy atom. The third-order valence-corrected chi connectivity index (χ3v) is 4.51. The van der Waals surface area contributed by atoms with E-state index in [1.807, 2.05) is 25.1 Å². The van der Waals surface area contributed by atoms with Gasteiger partial charge in [0.25, 0.3) is 17.7 Å². The van der Waals surface area contributed by atoms with Crippen LogP contribution >= 0.6 is 0 Å². The molecule has 3 amide bonds. The molecule has 3 aromatic rings. The molecule has 0 radical (unpaired) electrons. The highest BCUT2D eigenvalue weighted by Crippen LogP contribution is 2.29. The summed E-state index contributed by atoms with van der Waals surface area (Å²) in [6.45, 7) is 1.92. The van der Waals surface area contributed by atoms with Gasteiger partial charge in [0, 0.05) is 11.3 Å². The minimum absolute atomic E-state index is 0.145. The zero-order chi connectivity index (χ0) is 19.8. The maximum Gasteiger partial charge on any atom is 0.266 e. The van der Waals surface area contributed by atoms with E-state index in [0.29, 0.717) is 5.69 Å². The highest BCUT2D eigenvalue weighted by atomic mass is 19.1. The molecule has 0 spiro atoms. The Hall–Kier alpha value is -3.80. The summed E-state index contributed by atoms with van der Waals surface area (Å²) in [5.41, 5.74) is 2.54. The number of carbonyl (C=O) groups is 3. The topological polar surface area (TPSA) is 66.5 Å². The van der Waals surface area contributed by atoms with Crippen LogP contribution in [0.4, 0.5) is 15.8 Å². The third kappa shape index (κ3) is 3.05. The summed E-state index contributed by atoms with van der Waals surface area (Å²) in [4.78, 5) is 38.9. The molecule has 138 valence electrons. The van der Waals surface area contributed by atoms with Crippen molar-refractivity contribution in [1.82, 2.24) is 0 Å². The molecule has 4 rings (SSSR count). The van der Waals surface area contributed by atoms with Crippen LogP contribution in [0.3, 0.4) is 0 Å². The largest absolute Gasteiger partial charge is 0.322 e. The van der Waals surface area contributed by atoms with Gasteiger partial charge in [0.1, 0.15) is 5.82 Å². The number of nitrogens with one attached hydrogen (secondary N) is 1. The Balaban J connectivity index is 1.63. The lowest BCUT2D eigenvalue weighted by Crippen LogP contribution is -2.29. The minimum Gasteiger partial charge on any atom is -0.322 e. The number of fused-ring (bicyclic) bond motifs is 1. The number of aryl methyl sites for hydroxylation is 1. The summed E-state index contributed by atoms with van der Waals surface area (Å²) >= 11 is 0. The van der Waals surface area contributed by atoms with E-state index < -0.39 is 17.6 Å². The molecule has 0 fully saturated rings. The third-order valence-electron chi connectivity index (χ3n) is 4.51. The van der Waals surface area contributed by atoms with Crippen molar-refractivity contribution in [3.05, 3.63) is 94.8 Å². The number of amides is 3. The number of hydrogen-bond acceptors (Lipinski definition) is 3. The van der Waals surface area contributed by atoms with Gasteiger partial charge in [-0.2, -0.15) is 0 Å². The lowest BCUT2D eigenvalue weighted by molar-refractivity contribution is 0.0925. The first kappa shape index (κ1) is 17.6. The van der Waals surface area contributed by atoms with Crippen LogP contribution in [0.15, 0.2) is 66.7 Å². The molecule has 0 aromatic heterocycles. The Morgan fingerprint density at radius 3 is 2.32 bits per heavy atom. The molecule has 1 heterocycles. The first-order valence-corrected chi connectivity index (χ1v) is 8.60. The summed E-state index contributed by atoms with van der Waals surface area (Å²) in [7, 11) is 0. The van der Waals surface area contributed by atoms with Gasteiger partial charge in [-0.3, -0.25) is 14.4 Å². The van der Waals surface area contributed by atoms with Crippen molar-refractivity contribution in [3.8, 4) is 0 Å². The zero-order valence-electron chi connectivity index (χ0n) is 14.9. The fourth-order valence-corrected chi connectivity index (χ4v) is 3.13. The van der Waals surface area contributed by atoms with E-state index in [9.17, 15) is 18.8 Å². The van der Waals surface area contributed by atoms with E-state index in [1.54, 1.807) is 6.07 Å². The van der Waals surface area contributed by atoms with E-state index in [0.717, 1.165) is 10.5 Å². The van der Waals surface area contributed by atoms with Crippen LogP contribution in [-0.2, 0) is 0 Å². The van der Waals surface area contributed by atoms with Gasteiger partial charge in [-0.05, 0) is 67.1 Å². The Bertz CT molecular complexity index is 1120. The number of rotatable bonds is 3. The smallest absolute Gasteiger partial charge is 0.266 e. The average molecular weight is 374 g/mol. The normalized spacial score (nSPS) is 12.9. The van der Waals surface area contributed by atoms with E-state index in [4.69, 9.17) is 0 Å². The van der Waals surface area contributed by atoms with Gasteiger partial charge in [-0.25, -0.2) is 9.29 Å². The Morgan fingerprint density at radius 2 is 1.61 bits per heavy atom. The van der Waals surface area contributed by atoms with Crippen molar-refractivity contribution in [2.75, 3.05) is 10.2 Å². The molecule has 0 saturated heterocycles. The Labute approximate surface area is 160 Å². The molecule has 3 aromatic carbocycles. The van der Waals surface area contributed by atoms with Gasteiger partial charge >= 0.3 is 0 Å². The molecular formula is C22H15FN2O3. The van der Waals surface area contributed by atoms with Gasteiger partial charge in [0.05, 0.1) is 16.8 Å². The van der Waals surface area contributed by atoms with Crippen LogP contribution in [0.1, 0.15) is 36.6 Å². The number of carbonyl (C=O) groups excluding carboxylic acids is 3. The molecule has 1 aliphatic rings. The van der Waals surface area contributed by atoms with Crippen molar-refractivity contribution < 1.29 is 18.8 Å². The lowest BCUT2D eigenvalue weighted by Gasteiger charge is -2.13. The second-order valence-electron chi connectivity index (χ2n) is 6.51. The average Bonchev–Trinajstić information content (AvgIpc) is 2.93. The predicted molar refractivity (Wildman–Crippen MR) is 103 cm³/mol. The number of benzene rings is 3. The van der Waals surface area contributed by atoms with Gasteiger partial charge in [0.15, 0.2) is 0 Å². The summed E-state index contributed by atoms with van der Waals surface area (Å²) in [5.74, 6) is -1.89. The van der Waals surface area contributed by atoms with Gasteiger partial charge in [-0.1, -0.05) is 12.1 Å². The molecule has 0 unspecified atom stereocenters. The first-order valence-electron chi connectivity index (χ1n) is 8.60. The highest BCUT2D eigenvalue weighted by molar-refractivity contribution is 6.34. The maximum absolute atomic E-state index is 13.1. The molecule has 0 atom stereocenters. The summed E-state index contributed by atoms with van der Waals surface area (Å²) in [6.07, 6.45) is 0. The lowest BCUT2D eigenvalue weighted by atomic mass is 10.1. The number of anilines is 2. The first-order chi connectivity index (χ1) is 13.4. The van der Waals surface area contributed by atoms with Crippen LogP contribution in [0, 0.1) is 12.7 Å². The van der Waals surface area contributed by atoms with E-state index in [-0.39, 0.29) is 28.3 Å². The van der Waals surface area contributed by atoms with Crippen LogP contribution in [0.25, 0.3) is 0 Å². The van der Waals surface area contributed by atoms with Crippen LogP contribution in [-0.4, -0.2) is 17.7 Å². The highest BCUT2D eigenvalue weighted by Gasteiger charge is 2.37. The molecule has 1 aliphatic heterocycles. The van der Waals surface area contributed by atoms with E-state index >= 15 is 0 Å².